The Labute approximate surface area is 568 Å². The first kappa shape index (κ1) is 91.1. The van der Waals surface area contributed by atoms with Gasteiger partial charge in [0.05, 0.1) is 26.4 Å². The summed E-state index contributed by atoms with van der Waals surface area (Å²) in [6.45, 7) is 14.1. The average Bonchev–Trinajstić information content (AvgIpc) is 1.95. The molecule has 17 nitrogen and oxygen atoms in total. The Kier molecular flexibility index (Phi) is 62.2. The Bertz CT molecular complexity index is 1840. The summed E-state index contributed by atoms with van der Waals surface area (Å²) < 4.78 is 68.4. The van der Waals surface area contributed by atoms with Crippen LogP contribution in [0.2, 0.25) is 0 Å². The second kappa shape index (κ2) is 63.5. The van der Waals surface area contributed by atoms with Crippen LogP contribution in [0.25, 0.3) is 0 Å². The minimum absolute atomic E-state index is 0.104. The number of aliphatic hydroxyl groups is 1. The second-order valence-corrected chi connectivity index (χ2v) is 31.3. The molecule has 0 aliphatic carbocycles. The van der Waals surface area contributed by atoms with Gasteiger partial charge in [-0.1, -0.05) is 319 Å². The Morgan fingerprint density at radius 3 is 0.763 bits per heavy atom. The highest BCUT2D eigenvalue weighted by Crippen LogP contribution is 2.45. The van der Waals surface area contributed by atoms with Crippen LogP contribution in [0, 0.1) is 23.7 Å². The zero-order valence-corrected chi connectivity index (χ0v) is 62.7. The smallest absolute Gasteiger partial charge is 0.462 e. The number of carbonyl (C=O) groups is 4. The Morgan fingerprint density at radius 2 is 0.516 bits per heavy atom. The molecule has 0 heterocycles. The number of rotatable bonds is 71. The van der Waals surface area contributed by atoms with Crippen molar-refractivity contribution in [3.05, 3.63) is 0 Å². The van der Waals surface area contributed by atoms with Crippen LogP contribution in [-0.2, 0) is 65.4 Å². The van der Waals surface area contributed by atoms with Crippen molar-refractivity contribution in [2.75, 3.05) is 39.6 Å². The van der Waals surface area contributed by atoms with Crippen molar-refractivity contribution < 1.29 is 80.2 Å². The molecule has 0 fully saturated rings. The molecular weight excluding hydrogens is 1220 g/mol. The molecule has 0 aromatic rings. The molecule has 0 aliphatic heterocycles. The van der Waals surface area contributed by atoms with Crippen LogP contribution in [0.1, 0.15) is 370 Å². The van der Waals surface area contributed by atoms with Gasteiger partial charge < -0.3 is 33.8 Å². The maximum absolute atomic E-state index is 13.0. The van der Waals surface area contributed by atoms with E-state index < -0.39 is 97.5 Å². The van der Waals surface area contributed by atoms with Crippen LogP contribution in [0.5, 0.6) is 0 Å². The molecule has 0 radical (unpaired) electrons. The van der Waals surface area contributed by atoms with Crippen LogP contribution < -0.4 is 0 Å². The first-order chi connectivity index (χ1) is 44.6. The molecule has 0 amide bonds. The number of aliphatic hydroxyl groups excluding tert-OH is 1. The number of hydrogen-bond acceptors (Lipinski definition) is 15. The quantitative estimate of drug-likeness (QED) is 0.0222. The maximum atomic E-state index is 13.0. The standard InChI is InChI=1S/C74H144O17P2/c1-9-67(8)53-45-37-29-22-23-31-41-49-57-74(79)91-70(61-85-72(77)55-47-39-33-25-28-36-44-52-66(6)7)63-89-93(82,83)87-59-68(75)58-86-92(80,81)88-62-69(60-84-71(76)54-46-38-32-24-27-35-43-51-65(4)5)90-73(78)56-48-40-30-21-19-17-15-13-11-10-12-14-16-18-20-26-34-42-50-64(2)3/h64-70,75H,9-63H2,1-8H3,(H,80,81)(H,82,83)/t67?,68?,69-,70-/m1/s1. The van der Waals surface area contributed by atoms with Gasteiger partial charge in [-0.3, -0.25) is 37.3 Å². The molecule has 0 spiro atoms. The van der Waals surface area contributed by atoms with Crippen molar-refractivity contribution in [1.82, 2.24) is 0 Å². The number of esters is 4. The highest BCUT2D eigenvalue weighted by molar-refractivity contribution is 7.47. The van der Waals surface area contributed by atoms with Crippen LogP contribution in [0.15, 0.2) is 0 Å². The van der Waals surface area contributed by atoms with E-state index in [4.69, 9.17) is 37.0 Å². The van der Waals surface area contributed by atoms with Crippen molar-refractivity contribution in [1.29, 1.82) is 0 Å². The van der Waals surface area contributed by atoms with Crippen molar-refractivity contribution in [3.63, 3.8) is 0 Å². The fourth-order valence-electron chi connectivity index (χ4n) is 11.2. The number of phosphoric ester groups is 2. The fraction of sp³-hybridized carbons (Fsp3) is 0.946. The summed E-state index contributed by atoms with van der Waals surface area (Å²) >= 11 is 0. The van der Waals surface area contributed by atoms with E-state index in [0.29, 0.717) is 37.5 Å². The van der Waals surface area contributed by atoms with Gasteiger partial charge in [-0.15, -0.1) is 0 Å². The van der Waals surface area contributed by atoms with Crippen LogP contribution in [-0.4, -0.2) is 96.7 Å². The second-order valence-electron chi connectivity index (χ2n) is 28.4. The molecule has 0 saturated heterocycles. The summed E-state index contributed by atoms with van der Waals surface area (Å²) in [5, 5.41) is 10.6. The predicted molar refractivity (Wildman–Crippen MR) is 377 cm³/mol. The lowest BCUT2D eigenvalue weighted by Gasteiger charge is -2.21. The summed E-state index contributed by atoms with van der Waals surface area (Å²) in [6, 6.07) is 0. The van der Waals surface area contributed by atoms with Crippen molar-refractivity contribution in [2.45, 2.75) is 388 Å². The van der Waals surface area contributed by atoms with E-state index in [1.807, 2.05) is 0 Å². The van der Waals surface area contributed by atoms with Gasteiger partial charge in [0.25, 0.3) is 0 Å². The monoisotopic (exact) mass is 1370 g/mol. The molecule has 19 heteroatoms. The third kappa shape index (κ3) is 67.0. The third-order valence-corrected chi connectivity index (χ3v) is 19.3. The number of carbonyl (C=O) groups excluding carboxylic acids is 4. The average molecular weight is 1370 g/mol. The van der Waals surface area contributed by atoms with Gasteiger partial charge in [0.15, 0.2) is 12.2 Å². The first-order valence-electron chi connectivity index (χ1n) is 38.2. The minimum atomic E-state index is -4.95. The molecule has 0 aromatic carbocycles. The Morgan fingerprint density at radius 1 is 0.301 bits per heavy atom. The molecule has 0 bridgehead atoms. The Balaban J connectivity index is 5.18. The molecule has 3 N–H and O–H groups in total. The highest BCUT2D eigenvalue weighted by atomic mass is 31.2. The number of hydrogen-bond donors (Lipinski definition) is 3. The topological polar surface area (TPSA) is 237 Å². The van der Waals surface area contributed by atoms with E-state index >= 15 is 0 Å². The fourth-order valence-corrected chi connectivity index (χ4v) is 12.7. The van der Waals surface area contributed by atoms with E-state index in [0.717, 1.165) is 115 Å². The number of phosphoric acid groups is 2. The van der Waals surface area contributed by atoms with Gasteiger partial charge in [0, 0.05) is 25.7 Å². The zero-order chi connectivity index (χ0) is 68.9. The summed E-state index contributed by atoms with van der Waals surface area (Å²) in [5.41, 5.74) is 0. The summed E-state index contributed by atoms with van der Waals surface area (Å²) in [7, 11) is -9.91. The predicted octanol–water partition coefficient (Wildman–Crippen LogP) is 21.3. The van der Waals surface area contributed by atoms with Gasteiger partial charge in [-0.25, -0.2) is 9.13 Å². The van der Waals surface area contributed by atoms with E-state index in [1.165, 1.54) is 161 Å². The van der Waals surface area contributed by atoms with Crippen molar-refractivity contribution in [2.24, 2.45) is 23.7 Å². The Hall–Kier alpha value is -1.94. The largest absolute Gasteiger partial charge is 0.472 e. The van der Waals surface area contributed by atoms with Crippen LogP contribution >= 0.6 is 15.6 Å². The number of ether oxygens (including phenoxy) is 4. The van der Waals surface area contributed by atoms with Gasteiger partial charge in [-0.05, 0) is 49.4 Å². The highest BCUT2D eigenvalue weighted by Gasteiger charge is 2.30. The van der Waals surface area contributed by atoms with Crippen LogP contribution in [0.4, 0.5) is 0 Å². The maximum Gasteiger partial charge on any atom is 0.472 e. The molecule has 0 saturated carbocycles. The molecule has 93 heavy (non-hydrogen) atoms. The summed E-state index contributed by atoms with van der Waals surface area (Å²) in [4.78, 5) is 72.6. The van der Waals surface area contributed by atoms with E-state index in [1.54, 1.807) is 0 Å². The van der Waals surface area contributed by atoms with E-state index in [-0.39, 0.29) is 25.7 Å². The molecule has 0 aromatic heterocycles. The lowest BCUT2D eigenvalue weighted by Crippen LogP contribution is -2.30. The van der Waals surface area contributed by atoms with E-state index in [9.17, 15) is 43.2 Å². The minimum Gasteiger partial charge on any atom is -0.462 e. The van der Waals surface area contributed by atoms with Crippen LogP contribution in [0.3, 0.4) is 0 Å². The van der Waals surface area contributed by atoms with Gasteiger partial charge in [0.2, 0.25) is 0 Å². The molecule has 0 aliphatic rings. The third-order valence-electron chi connectivity index (χ3n) is 17.4. The molecule has 4 unspecified atom stereocenters. The molecule has 6 atom stereocenters. The van der Waals surface area contributed by atoms with E-state index in [2.05, 4.69) is 55.4 Å². The normalized spacial score (nSPS) is 14.5. The van der Waals surface area contributed by atoms with Gasteiger partial charge in [-0.2, -0.15) is 0 Å². The molecule has 552 valence electrons. The first-order valence-corrected chi connectivity index (χ1v) is 41.2. The molecular formula is C74H144O17P2. The van der Waals surface area contributed by atoms with Crippen molar-refractivity contribution in [3.8, 4) is 0 Å². The summed E-state index contributed by atoms with van der Waals surface area (Å²) in [5.74, 6) is 0.872. The lowest BCUT2D eigenvalue weighted by atomic mass is 9.99. The number of unbranched alkanes of at least 4 members (excludes halogenated alkanes) is 36. The zero-order valence-electron chi connectivity index (χ0n) is 60.9. The molecule has 0 rings (SSSR count). The van der Waals surface area contributed by atoms with Gasteiger partial charge in [0.1, 0.15) is 19.3 Å². The SMILES string of the molecule is CCC(C)CCCCCCCCCCC(=O)O[C@H](COC(=O)CCCCCCCCCC(C)C)COP(=O)(O)OCC(O)COP(=O)(O)OC[C@@H](COC(=O)CCCCCCCCCC(C)C)OC(=O)CCCCCCCCCCCCCCCCCCCCC(C)C. The van der Waals surface area contributed by atoms with Gasteiger partial charge >= 0.3 is 39.5 Å². The summed E-state index contributed by atoms with van der Waals surface area (Å²) in [6.07, 6.45) is 47.5. The lowest BCUT2D eigenvalue weighted by molar-refractivity contribution is -0.161. The van der Waals surface area contributed by atoms with Crippen molar-refractivity contribution >= 4 is 39.5 Å².